The van der Waals surface area contributed by atoms with E-state index >= 15 is 0 Å². The predicted octanol–water partition coefficient (Wildman–Crippen LogP) is 3.16. The Morgan fingerprint density at radius 2 is 2.09 bits per heavy atom. The maximum absolute atomic E-state index is 13.4. The van der Waals surface area contributed by atoms with E-state index < -0.39 is 29.7 Å². The molecule has 2 atom stereocenters. The quantitative estimate of drug-likeness (QED) is 0.922. The van der Waals surface area contributed by atoms with Crippen molar-refractivity contribution in [1.82, 2.24) is 4.90 Å². The molecule has 0 radical (unpaired) electrons. The lowest BCUT2D eigenvalue weighted by Gasteiger charge is -2.24. The number of benzene rings is 1. The summed E-state index contributed by atoms with van der Waals surface area (Å²) in [6.07, 6.45) is 0.786. The summed E-state index contributed by atoms with van der Waals surface area (Å²) in [7, 11) is 0. The van der Waals surface area contributed by atoms with E-state index in [4.69, 9.17) is 16.0 Å². The van der Waals surface area contributed by atoms with Crippen LogP contribution in [0.15, 0.2) is 34.9 Å². The van der Waals surface area contributed by atoms with Gasteiger partial charge in [-0.2, -0.15) is 0 Å². The van der Waals surface area contributed by atoms with Crippen LogP contribution in [0.5, 0.6) is 0 Å². The van der Waals surface area contributed by atoms with Crippen LogP contribution in [-0.2, 0) is 0 Å². The number of amides is 1. The summed E-state index contributed by atoms with van der Waals surface area (Å²) in [5.74, 6) is -2.38. The number of hydrogen-bond donors (Lipinski definition) is 1. The van der Waals surface area contributed by atoms with E-state index in [1.165, 1.54) is 23.3 Å². The fourth-order valence-corrected chi connectivity index (χ4v) is 2.87. The Balaban J connectivity index is 1.94. The molecule has 1 fully saturated rings. The van der Waals surface area contributed by atoms with Gasteiger partial charge in [0, 0.05) is 6.54 Å². The minimum Gasteiger partial charge on any atom is -0.452 e. The number of carbonyl (C=O) groups excluding carboxylic acids is 1. The fourth-order valence-electron chi connectivity index (χ4n) is 2.67. The van der Waals surface area contributed by atoms with Crippen LogP contribution in [0, 0.1) is 11.6 Å². The number of β-amino-alcohol motifs (C(OH)–C–C–N with tert-alkyl or cyclic N) is 1. The second kappa shape index (κ2) is 5.70. The van der Waals surface area contributed by atoms with Crippen molar-refractivity contribution in [2.75, 3.05) is 6.54 Å². The van der Waals surface area contributed by atoms with Crippen molar-refractivity contribution in [2.45, 2.75) is 18.6 Å². The summed E-state index contributed by atoms with van der Waals surface area (Å²) in [6.45, 7) is 0.0873. The summed E-state index contributed by atoms with van der Waals surface area (Å²) >= 11 is 5.80. The van der Waals surface area contributed by atoms with Gasteiger partial charge < -0.3 is 14.4 Å². The molecule has 0 saturated carbocycles. The van der Waals surface area contributed by atoms with E-state index in [9.17, 15) is 18.7 Å². The number of halogens is 3. The van der Waals surface area contributed by atoms with Crippen LogP contribution < -0.4 is 0 Å². The molecule has 116 valence electrons. The van der Waals surface area contributed by atoms with Crippen LogP contribution in [0.1, 0.15) is 28.4 Å². The second-order valence-corrected chi connectivity index (χ2v) is 5.49. The van der Waals surface area contributed by atoms with E-state index in [0.717, 1.165) is 12.1 Å². The number of aliphatic hydroxyl groups excluding tert-OH is 1. The van der Waals surface area contributed by atoms with E-state index in [2.05, 4.69) is 0 Å². The molecular weight excluding hydrogens is 316 g/mol. The average molecular weight is 328 g/mol. The largest absolute Gasteiger partial charge is 0.452 e. The van der Waals surface area contributed by atoms with Crippen molar-refractivity contribution in [2.24, 2.45) is 0 Å². The lowest BCUT2D eigenvalue weighted by atomic mass is 10.0. The Bertz CT molecular complexity index is 719. The van der Waals surface area contributed by atoms with Crippen LogP contribution in [0.4, 0.5) is 8.78 Å². The van der Waals surface area contributed by atoms with Gasteiger partial charge in [-0.25, -0.2) is 8.78 Å². The molecule has 0 unspecified atom stereocenters. The molecule has 1 aliphatic rings. The van der Waals surface area contributed by atoms with Crippen molar-refractivity contribution < 1.29 is 23.1 Å². The maximum Gasteiger partial charge on any atom is 0.259 e. The molecule has 1 amide bonds. The molecule has 0 aliphatic carbocycles. The van der Waals surface area contributed by atoms with Gasteiger partial charge in [-0.3, -0.25) is 4.79 Å². The zero-order valence-electron chi connectivity index (χ0n) is 11.3. The van der Waals surface area contributed by atoms with Gasteiger partial charge in [-0.05, 0) is 41.8 Å². The SMILES string of the molecule is O=C(c1ccoc1Cl)N1C[C@H](O)C[C@H]1c1ccc(F)c(F)c1. The lowest BCUT2D eigenvalue weighted by Crippen LogP contribution is -2.31. The van der Waals surface area contributed by atoms with E-state index in [1.807, 2.05) is 0 Å². The maximum atomic E-state index is 13.4. The van der Waals surface area contributed by atoms with Crippen molar-refractivity contribution in [1.29, 1.82) is 0 Å². The molecule has 1 aromatic heterocycles. The molecular formula is C15H12ClF2NO3. The van der Waals surface area contributed by atoms with Crippen molar-refractivity contribution >= 4 is 17.5 Å². The first-order valence-electron chi connectivity index (χ1n) is 6.64. The number of aliphatic hydroxyl groups is 1. The molecule has 4 nitrogen and oxygen atoms in total. The highest BCUT2D eigenvalue weighted by Gasteiger charge is 2.37. The van der Waals surface area contributed by atoms with Crippen LogP contribution >= 0.6 is 11.6 Å². The van der Waals surface area contributed by atoms with E-state index in [1.54, 1.807) is 0 Å². The van der Waals surface area contributed by atoms with Gasteiger partial charge in [-0.1, -0.05) is 6.07 Å². The zero-order chi connectivity index (χ0) is 15.9. The minimum absolute atomic E-state index is 0.0459. The number of furan rings is 1. The molecule has 0 bridgehead atoms. The van der Waals surface area contributed by atoms with Crippen molar-refractivity contribution in [3.05, 3.63) is 58.5 Å². The summed E-state index contributed by atoms with van der Waals surface area (Å²) in [5.41, 5.74) is 0.590. The molecule has 22 heavy (non-hydrogen) atoms. The van der Waals surface area contributed by atoms with Gasteiger partial charge in [0.1, 0.15) is 0 Å². The van der Waals surface area contributed by atoms with Crippen LogP contribution in [0.3, 0.4) is 0 Å². The molecule has 1 aromatic carbocycles. The monoisotopic (exact) mass is 327 g/mol. The highest BCUT2D eigenvalue weighted by atomic mass is 35.5. The number of likely N-dealkylation sites (tertiary alicyclic amines) is 1. The van der Waals surface area contributed by atoms with Gasteiger partial charge in [-0.15, -0.1) is 0 Å². The third kappa shape index (κ3) is 2.60. The molecule has 7 heteroatoms. The molecule has 2 heterocycles. The first-order valence-corrected chi connectivity index (χ1v) is 7.02. The Kier molecular flexibility index (Phi) is 3.88. The van der Waals surface area contributed by atoms with Crippen molar-refractivity contribution in [3.63, 3.8) is 0 Å². The zero-order valence-corrected chi connectivity index (χ0v) is 12.1. The van der Waals surface area contributed by atoms with Crippen molar-refractivity contribution in [3.8, 4) is 0 Å². The normalized spacial score (nSPS) is 21.4. The number of carbonyl (C=O) groups is 1. The third-order valence-corrected chi connectivity index (χ3v) is 4.01. The van der Waals surface area contributed by atoms with Gasteiger partial charge >= 0.3 is 0 Å². The van der Waals surface area contributed by atoms with Gasteiger partial charge in [0.2, 0.25) is 5.22 Å². The Morgan fingerprint density at radius 1 is 1.32 bits per heavy atom. The molecule has 0 spiro atoms. The highest BCUT2D eigenvalue weighted by Crippen LogP contribution is 2.35. The Morgan fingerprint density at radius 3 is 2.73 bits per heavy atom. The second-order valence-electron chi connectivity index (χ2n) is 5.14. The van der Waals surface area contributed by atoms with Crippen LogP contribution in [0.25, 0.3) is 0 Å². The number of nitrogens with zero attached hydrogens (tertiary/aromatic N) is 1. The third-order valence-electron chi connectivity index (χ3n) is 3.72. The van der Waals surface area contributed by atoms with Gasteiger partial charge in [0.15, 0.2) is 11.6 Å². The lowest BCUT2D eigenvalue weighted by molar-refractivity contribution is 0.0715. The highest BCUT2D eigenvalue weighted by molar-refractivity contribution is 6.32. The average Bonchev–Trinajstić information content (AvgIpc) is 3.07. The summed E-state index contributed by atoms with van der Waals surface area (Å²) in [5, 5.41) is 9.81. The summed E-state index contributed by atoms with van der Waals surface area (Å²) in [4.78, 5) is 13.9. The standard InChI is InChI=1S/C15H12ClF2NO3/c16-14-10(3-4-22-14)15(21)19-7-9(20)6-13(19)8-1-2-11(17)12(18)5-8/h1-5,9,13,20H,6-7H2/t9-,13+/m1/s1. The van der Waals surface area contributed by atoms with E-state index in [-0.39, 0.29) is 23.7 Å². The molecule has 1 N–H and O–H groups in total. The van der Waals surface area contributed by atoms with Crippen LogP contribution in [-0.4, -0.2) is 28.6 Å². The van der Waals surface area contributed by atoms with E-state index in [0.29, 0.717) is 5.56 Å². The summed E-state index contributed by atoms with van der Waals surface area (Å²) < 4.78 is 31.4. The predicted molar refractivity (Wildman–Crippen MR) is 74.5 cm³/mol. The topological polar surface area (TPSA) is 53.7 Å². The first-order chi connectivity index (χ1) is 10.5. The molecule has 3 rings (SSSR count). The Labute approximate surface area is 129 Å². The Hall–Kier alpha value is -1.92. The van der Waals surface area contributed by atoms with Gasteiger partial charge in [0.25, 0.3) is 5.91 Å². The molecule has 2 aromatic rings. The minimum atomic E-state index is -0.993. The first kappa shape index (κ1) is 15.0. The smallest absolute Gasteiger partial charge is 0.259 e. The molecule has 1 saturated heterocycles. The van der Waals surface area contributed by atoms with Gasteiger partial charge in [0.05, 0.1) is 24.0 Å². The summed E-state index contributed by atoms with van der Waals surface area (Å²) in [6, 6.07) is 4.32. The molecule has 1 aliphatic heterocycles. The number of hydrogen-bond acceptors (Lipinski definition) is 3. The van der Waals surface area contributed by atoms with Crippen LogP contribution in [0.2, 0.25) is 5.22 Å². The number of rotatable bonds is 2. The fraction of sp³-hybridized carbons (Fsp3) is 0.267.